The molecule has 0 spiro atoms. The predicted octanol–water partition coefficient (Wildman–Crippen LogP) is 0.620. The van der Waals surface area contributed by atoms with E-state index in [1.54, 1.807) is 7.11 Å². The molecule has 1 heterocycles. The molecule has 5 nitrogen and oxygen atoms in total. The second kappa shape index (κ2) is 8.21. The lowest BCUT2D eigenvalue weighted by Crippen LogP contribution is -2.47. The minimum absolute atomic E-state index is 0.0643. The van der Waals surface area contributed by atoms with Crippen LogP contribution in [0.2, 0.25) is 0 Å². The van der Waals surface area contributed by atoms with Gasteiger partial charge in [0.1, 0.15) is 0 Å². The summed E-state index contributed by atoms with van der Waals surface area (Å²) in [5, 5.41) is 12.7. The van der Waals surface area contributed by atoms with Gasteiger partial charge < -0.3 is 24.8 Å². The van der Waals surface area contributed by atoms with E-state index < -0.39 is 0 Å². The molecule has 1 atom stereocenters. The Morgan fingerprint density at radius 3 is 2.90 bits per heavy atom. The van der Waals surface area contributed by atoms with Gasteiger partial charge in [0.15, 0.2) is 0 Å². The number of nitrogens with zero attached hydrogens (tertiary/aromatic N) is 1. The average molecular weight is 280 g/mol. The molecule has 0 aromatic heterocycles. The van der Waals surface area contributed by atoms with Gasteiger partial charge in [-0.3, -0.25) is 0 Å². The Morgan fingerprint density at radius 2 is 2.20 bits per heavy atom. The number of benzene rings is 1. The van der Waals surface area contributed by atoms with E-state index in [1.807, 2.05) is 0 Å². The molecule has 5 heteroatoms. The maximum atomic E-state index is 9.40. The van der Waals surface area contributed by atoms with Crippen molar-refractivity contribution in [1.82, 2.24) is 5.32 Å². The molecular weight excluding hydrogens is 256 g/mol. The van der Waals surface area contributed by atoms with Crippen LogP contribution in [0.3, 0.4) is 0 Å². The number of methoxy groups -OCH3 is 1. The number of hydrogen-bond donors (Lipinski definition) is 2. The van der Waals surface area contributed by atoms with Crippen LogP contribution in [0.4, 0.5) is 5.69 Å². The van der Waals surface area contributed by atoms with Crippen LogP contribution in [-0.4, -0.2) is 57.8 Å². The van der Waals surface area contributed by atoms with Gasteiger partial charge in [-0.25, -0.2) is 0 Å². The molecule has 1 aromatic carbocycles. The minimum atomic E-state index is 0.0643. The quantitative estimate of drug-likeness (QED) is 0.717. The molecule has 1 saturated heterocycles. The van der Waals surface area contributed by atoms with E-state index in [9.17, 15) is 5.11 Å². The number of anilines is 1. The van der Waals surface area contributed by atoms with Crippen molar-refractivity contribution in [3.05, 3.63) is 29.8 Å². The second-order valence-electron chi connectivity index (χ2n) is 4.94. The van der Waals surface area contributed by atoms with E-state index in [-0.39, 0.29) is 12.6 Å². The Bertz CT molecular complexity index is 383. The van der Waals surface area contributed by atoms with Gasteiger partial charge in [-0.2, -0.15) is 0 Å². The van der Waals surface area contributed by atoms with Crippen LogP contribution < -0.4 is 10.2 Å². The molecule has 2 rings (SSSR count). The largest absolute Gasteiger partial charge is 0.394 e. The number of hydrogen-bond acceptors (Lipinski definition) is 5. The monoisotopic (exact) mass is 280 g/mol. The lowest BCUT2D eigenvalue weighted by atomic mass is 10.1. The van der Waals surface area contributed by atoms with E-state index >= 15 is 0 Å². The highest BCUT2D eigenvalue weighted by Crippen LogP contribution is 2.20. The molecule has 0 amide bonds. The van der Waals surface area contributed by atoms with E-state index in [4.69, 9.17) is 9.47 Å². The van der Waals surface area contributed by atoms with Crippen molar-refractivity contribution in [1.29, 1.82) is 0 Å². The fourth-order valence-electron chi connectivity index (χ4n) is 2.36. The SMILES string of the molecule is COCCNCc1ccc(N2CCOCC2CO)cc1. The Balaban J connectivity index is 1.89. The molecule has 20 heavy (non-hydrogen) atoms. The third kappa shape index (κ3) is 4.18. The van der Waals surface area contributed by atoms with Crippen LogP contribution in [0.25, 0.3) is 0 Å². The summed E-state index contributed by atoms with van der Waals surface area (Å²) in [5.41, 5.74) is 2.40. The fourth-order valence-corrected chi connectivity index (χ4v) is 2.36. The van der Waals surface area contributed by atoms with E-state index in [0.717, 1.165) is 38.5 Å². The highest BCUT2D eigenvalue weighted by atomic mass is 16.5. The minimum Gasteiger partial charge on any atom is -0.394 e. The number of nitrogens with one attached hydrogen (secondary N) is 1. The maximum Gasteiger partial charge on any atom is 0.0755 e. The zero-order valence-corrected chi connectivity index (χ0v) is 12.0. The summed E-state index contributed by atoms with van der Waals surface area (Å²) in [5.74, 6) is 0. The van der Waals surface area contributed by atoms with Crippen LogP contribution >= 0.6 is 0 Å². The van der Waals surface area contributed by atoms with Crippen LogP contribution in [-0.2, 0) is 16.0 Å². The number of rotatable bonds is 7. The predicted molar refractivity (Wildman–Crippen MR) is 79.1 cm³/mol. The lowest BCUT2D eigenvalue weighted by molar-refractivity contribution is 0.0727. The molecule has 1 aliphatic heterocycles. The van der Waals surface area contributed by atoms with Crippen LogP contribution in [0.5, 0.6) is 0 Å². The summed E-state index contributed by atoms with van der Waals surface area (Å²) in [6.45, 7) is 4.69. The van der Waals surface area contributed by atoms with Crippen molar-refractivity contribution >= 4 is 5.69 Å². The van der Waals surface area contributed by atoms with E-state index in [0.29, 0.717) is 6.61 Å². The van der Waals surface area contributed by atoms with Crippen LogP contribution in [0.15, 0.2) is 24.3 Å². The second-order valence-corrected chi connectivity index (χ2v) is 4.94. The molecule has 1 aromatic rings. The van der Waals surface area contributed by atoms with Crippen molar-refractivity contribution in [2.45, 2.75) is 12.6 Å². The van der Waals surface area contributed by atoms with Crippen molar-refractivity contribution in [3.63, 3.8) is 0 Å². The zero-order valence-electron chi connectivity index (χ0n) is 12.0. The third-order valence-electron chi connectivity index (χ3n) is 3.52. The molecular formula is C15H24N2O3. The summed E-state index contributed by atoms with van der Waals surface area (Å²) in [4.78, 5) is 2.21. The van der Waals surface area contributed by atoms with Gasteiger partial charge in [-0.05, 0) is 17.7 Å². The topological polar surface area (TPSA) is 54.0 Å². The molecule has 0 radical (unpaired) electrons. The first-order valence-corrected chi connectivity index (χ1v) is 7.09. The Morgan fingerprint density at radius 1 is 1.40 bits per heavy atom. The lowest BCUT2D eigenvalue weighted by Gasteiger charge is -2.36. The zero-order chi connectivity index (χ0) is 14.2. The highest BCUT2D eigenvalue weighted by Gasteiger charge is 2.22. The van der Waals surface area contributed by atoms with Gasteiger partial charge in [0.25, 0.3) is 0 Å². The molecule has 112 valence electrons. The molecule has 0 saturated carbocycles. The third-order valence-corrected chi connectivity index (χ3v) is 3.52. The van der Waals surface area contributed by atoms with Crippen molar-refractivity contribution in [2.75, 3.05) is 51.5 Å². The first-order valence-electron chi connectivity index (χ1n) is 7.09. The van der Waals surface area contributed by atoms with Gasteiger partial charge in [0, 0.05) is 32.4 Å². The molecule has 2 N–H and O–H groups in total. The molecule has 1 fully saturated rings. The fraction of sp³-hybridized carbons (Fsp3) is 0.600. The van der Waals surface area contributed by atoms with Gasteiger partial charge in [-0.1, -0.05) is 12.1 Å². The molecule has 1 unspecified atom stereocenters. The van der Waals surface area contributed by atoms with Crippen molar-refractivity contribution in [2.24, 2.45) is 0 Å². The summed E-state index contributed by atoms with van der Waals surface area (Å²) >= 11 is 0. The van der Waals surface area contributed by atoms with Gasteiger partial charge >= 0.3 is 0 Å². The first-order chi connectivity index (χ1) is 9.85. The van der Waals surface area contributed by atoms with E-state index in [2.05, 4.69) is 34.5 Å². The van der Waals surface area contributed by atoms with Crippen LogP contribution in [0.1, 0.15) is 5.56 Å². The molecule has 0 bridgehead atoms. The average Bonchev–Trinajstić information content (AvgIpc) is 2.52. The highest BCUT2D eigenvalue weighted by molar-refractivity contribution is 5.49. The van der Waals surface area contributed by atoms with Crippen molar-refractivity contribution < 1.29 is 14.6 Å². The molecule has 0 aliphatic carbocycles. The number of aliphatic hydroxyl groups is 1. The summed E-state index contributed by atoms with van der Waals surface area (Å²) in [6, 6.07) is 8.54. The summed E-state index contributed by atoms with van der Waals surface area (Å²) < 4.78 is 10.4. The van der Waals surface area contributed by atoms with E-state index in [1.165, 1.54) is 5.56 Å². The molecule has 1 aliphatic rings. The Kier molecular flexibility index (Phi) is 6.26. The van der Waals surface area contributed by atoms with Crippen molar-refractivity contribution in [3.8, 4) is 0 Å². The number of morpholine rings is 1. The summed E-state index contributed by atoms with van der Waals surface area (Å²) in [7, 11) is 1.70. The Labute approximate surface area is 120 Å². The first kappa shape index (κ1) is 15.3. The van der Waals surface area contributed by atoms with Gasteiger partial charge in [0.05, 0.1) is 32.5 Å². The normalized spacial score (nSPS) is 19.3. The van der Waals surface area contributed by atoms with Gasteiger partial charge in [-0.15, -0.1) is 0 Å². The number of aliphatic hydroxyl groups excluding tert-OH is 1. The van der Waals surface area contributed by atoms with Crippen LogP contribution in [0, 0.1) is 0 Å². The standard InChI is InChI=1S/C15H24N2O3/c1-19-8-6-16-10-13-2-4-14(5-3-13)17-7-9-20-12-15(17)11-18/h2-5,15-16,18H,6-12H2,1H3. The summed E-state index contributed by atoms with van der Waals surface area (Å²) in [6.07, 6.45) is 0. The van der Waals surface area contributed by atoms with Gasteiger partial charge in [0.2, 0.25) is 0 Å². The maximum absolute atomic E-state index is 9.40. The smallest absolute Gasteiger partial charge is 0.0755 e. The Hall–Kier alpha value is -1.14. The number of ether oxygens (including phenoxy) is 2.